The first-order valence-corrected chi connectivity index (χ1v) is 8.68. The molecule has 0 atom stereocenters. The van der Waals surface area contributed by atoms with Gasteiger partial charge < -0.3 is 5.73 Å². The lowest BCUT2D eigenvalue weighted by Gasteiger charge is -1.99. The number of anilines is 1. The van der Waals surface area contributed by atoms with Crippen LogP contribution in [-0.4, -0.2) is 43.7 Å². The van der Waals surface area contributed by atoms with Gasteiger partial charge in [-0.25, -0.2) is 10.1 Å². The molecule has 0 aromatic carbocycles. The van der Waals surface area contributed by atoms with Crippen LogP contribution in [0.5, 0.6) is 0 Å². The van der Waals surface area contributed by atoms with Crippen LogP contribution in [0.3, 0.4) is 0 Å². The molecular weight excluding hydrogens is 352 g/mol. The number of amides is 1. The van der Waals surface area contributed by atoms with E-state index in [1.165, 1.54) is 4.68 Å². The molecule has 0 radical (unpaired) electrons. The maximum atomic E-state index is 12.2. The van der Waals surface area contributed by atoms with E-state index in [4.69, 9.17) is 5.73 Å². The van der Waals surface area contributed by atoms with Gasteiger partial charge >= 0.3 is 0 Å². The maximum absolute atomic E-state index is 12.2. The molecule has 0 saturated heterocycles. The number of carbonyl (C=O) groups excluding carboxylic acids is 1. The van der Waals surface area contributed by atoms with Gasteiger partial charge in [-0.2, -0.15) is 9.78 Å². The van der Waals surface area contributed by atoms with Gasteiger partial charge in [0.2, 0.25) is 11.6 Å². The van der Waals surface area contributed by atoms with E-state index in [1.54, 1.807) is 36.2 Å². The van der Waals surface area contributed by atoms with Crippen molar-refractivity contribution in [1.82, 2.24) is 30.7 Å². The van der Waals surface area contributed by atoms with Crippen molar-refractivity contribution in [3.05, 3.63) is 28.4 Å². The van der Waals surface area contributed by atoms with Crippen molar-refractivity contribution in [1.29, 1.82) is 0 Å². The fraction of sp³-hybridized carbons (Fsp3) is 0.167. The summed E-state index contributed by atoms with van der Waals surface area (Å²) in [5.74, 6) is -0.272. The van der Waals surface area contributed by atoms with E-state index >= 15 is 0 Å². The number of nitrogens with zero attached hydrogens (tertiary/aromatic N) is 6. The summed E-state index contributed by atoms with van der Waals surface area (Å²) in [7, 11) is 0. The van der Waals surface area contributed by atoms with Gasteiger partial charge in [0.25, 0.3) is 5.91 Å². The molecule has 0 aliphatic rings. The smallest absolute Gasteiger partial charge is 0.293 e. The molecule has 12 heteroatoms. The first-order chi connectivity index (χ1) is 11.6. The Morgan fingerprint density at radius 1 is 1.54 bits per heavy atom. The topological polar surface area (TPSA) is 137 Å². The molecule has 3 rings (SSSR count). The van der Waals surface area contributed by atoms with Crippen molar-refractivity contribution in [2.75, 3.05) is 12.0 Å². The Balaban J connectivity index is 1.74. The normalized spacial score (nSPS) is 11.2. The average Bonchev–Trinajstić information content (AvgIpc) is 3.27. The molecule has 0 aliphatic carbocycles. The lowest BCUT2D eigenvalue weighted by atomic mass is 10.3. The van der Waals surface area contributed by atoms with Crippen LogP contribution in [0.4, 0.5) is 5.82 Å². The SMILES string of the molecule is CSc1sccc1/C=N\NC(=O)c1nnn(-c2nonc2N)c1C. The van der Waals surface area contributed by atoms with Gasteiger partial charge in [-0.3, -0.25) is 4.79 Å². The number of nitrogens with two attached hydrogens (primary N) is 1. The predicted octanol–water partition coefficient (Wildman–Crippen LogP) is 1.09. The van der Waals surface area contributed by atoms with Crippen molar-refractivity contribution in [2.45, 2.75) is 11.1 Å². The molecular formula is C12H12N8O2S2. The fourth-order valence-electron chi connectivity index (χ4n) is 1.86. The second-order valence-corrected chi connectivity index (χ2v) is 6.47. The van der Waals surface area contributed by atoms with E-state index in [1.807, 2.05) is 17.7 Å². The van der Waals surface area contributed by atoms with E-state index in [0.717, 1.165) is 9.77 Å². The Kier molecular flexibility index (Phi) is 4.57. The second kappa shape index (κ2) is 6.80. The second-order valence-electron chi connectivity index (χ2n) is 4.47. The van der Waals surface area contributed by atoms with Crippen LogP contribution >= 0.6 is 23.1 Å². The Morgan fingerprint density at radius 2 is 2.38 bits per heavy atom. The highest BCUT2D eigenvalue weighted by Crippen LogP contribution is 2.25. The molecule has 3 N–H and O–H groups in total. The fourth-order valence-corrected chi connectivity index (χ4v) is 3.36. The predicted molar refractivity (Wildman–Crippen MR) is 89.5 cm³/mol. The van der Waals surface area contributed by atoms with Gasteiger partial charge in [-0.15, -0.1) is 28.2 Å². The zero-order chi connectivity index (χ0) is 17.1. The Bertz CT molecular complexity index is 897. The summed E-state index contributed by atoms with van der Waals surface area (Å²) in [6.45, 7) is 1.65. The summed E-state index contributed by atoms with van der Waals surface area (Å²) in [4.78, 5) is 12.2. The van der Waals surface area contributed by atoms with Gasteiger partial charge in [0.05, 0.1) is 16.1 Å². The number of hydrogen-bond donors (Lipinski definition) is 2. The van der Waals surface area contributed by atoms with Crippen molar-refractivity contribution in [3.63, 3.8) is 0 Å². The lowest BCUT2D eigenvalue weighted by Crippen LogP contribution is -2.19. The molecule has 24 heavy (non-hydrogen) atoms. The highest BCUT2D eigenvalue weighted by atomic mass is 32.2. The Hall–Kier alpha value is -2.73. The van der Waals surface area contributed by atoms with E-state index in [-0.39, 0.29) is 17.3 Å². The molecule has 3 aromatic rings. The summed E-state index contributed by atoms with van der Waals surface area (Å²) in [6.07, 6.45) is 3.56. The van der Waals surface area contributed by atoms with Crippen LogP contribution in [0.1, 0.15) is 21.7 Å². The summed E-state index contributed by atoms with van der Waals surface area (Å²) in [6, 6.07) is 1.92. The molecule has 3 aromatic heterocycles. The summed E-state index contributed by atoms with van der Waals surface area (Å²) >= 11 is 3.23. The lowest BCUT2D eigenvalue weighted by molar-refractivity contribution is 0.0949. The van der Waals surface area contributed by atoms with E-state index in [2.05, 4.69) is 35.8 Å². The molecule has 0 saturated carbocycles. The molecule has 0 unspecified atom stereocenters. The summed E-state index contributed by atoms with van der Waals surface area (Å²) in [5, 5.41) is 20.6. The van der Waals surface area contributed by atoms with E-state index in [9.17, 15) is 4.79 Å². The molecule has 0 bridgehead atoms. The van der Waals surface area contributed by atoms with Crippen molar-refractivity contribution in [3.8, 4) is 5.82 Å². The van der Waals surface area contributed by atoms with Crippen LogP contribution in [-0.2, 0) is 0 Å². The van der Waals surface area contributed by atoms with Crippen molar-refractivity contribution in [2.24, 2.45) is 5.10 Å². The number of nitrogens with one attached hydrogen (secondary N) is 1. The largest absolute Gasteiger partial charge is 0.378 e. The minimum absolute atomic E-state index is 0.0510. The molecule has 0 aliphatic heterocycles. The van der Waals surface area contributed by atoms with Gasteiger partial charge in [0, 0.05) is 5.56 Å². The molecule has 1 amide bonds. The number of nitrogen functional groups attached to an aromatic ring is 1. The number of carbonyl (C=O) groups is 1. The van der Waals surface area contributed by atoms with Crippen LogP contribution < -0.4 is 11.2 Å². The number of thiophene rings is 1. The minimum atomic E-state index is -0.494. The highest BCUT2D eigenvalue weighted by molar-refractivity contribution is 8.00. The molecule has 10 nitrogen and oxygen atoms in total. The van der Waals surface area contributed by atoms with Gasteiger partial charge in [-0.1, -0.05) is 5.21 Å². The number of hydrogen-bond acceptors (Lipinski definition) is 10. The van der Waals surface area contributed by atoms with Crippen LogP contribution in [0.25, 0.3) is 5.82 Å². The third kappa shape index (κ3) is 3.00. The summed E-state index contributed by atoms with van der Waals surface area (Å²) in [5.41, 5.74) is 9.51. The number of rotatable bonds is 5. The standard InChI is InChI=1S/C12H12N8O2S2/c1-6-8(15-19-20(6)10-9(13)17-22-18-10)11(21)16-14-5-7-3-4-24-12(7)23-2/h3-5H,1-2H3,(H2,13,17)(H,16,21)/b14-5-. The van der Waals surface area contributed by atoms with Crippen LogP contribution in [0.15, 0.2) is 25.4 Å². The molecule has 3 heterocycles. The van der Waals surface area contributed by atoms with E-state index < -0.39 is 5.91 Å². The molecule has 0 spiro atoms. The van der Waals surface area contributed by atoms with Gasteiger partial charge in [0.1, 0.15) is 0 Å². The Labute approximate surface area is 144 Å². The quantitative estimate of drug-likeness (QED) is 0.390. The number of hydrazone groups is 1. The van der Waals surface area contributed by atoms with Crippen molar-refractivity contribution < 1.29 is 9.42 Å². The van der Waals surface area contributed by atoms with Crippen LogP contribution in [0.2, 0.25) is 0 Å². The zero-order valence-electron chi connectivity index (χ0n) is 12.6. The Morgan fingerprint density at radius 3 is 3.08 bits per heavy atom. The molecule has 0 fully saturated rings. The van der Waals surface area contributed by atoms with Crippen molar-refractivity contribution >= 4 is 41.0 Å². The average molecular weight is 364 g/mol. The third-order valence-electron chi connectivity index (χ3n) is 3.02. The maximum Gasteiger partial charge on any atom is 0.293 e. The van der Waals surface area contributed by atoms with Gasteiger partial charge in [0.15, 0.2) is 5.69 Å². The highest BCUT2D eigenvalue weighted by Gasteiger charge is 2.20. The zero-order valence-corrected chi connectivity index (χ0v) is 14.3. The molecule has 124 valence electrons. The van der Waals surface area contributed by atoms with Gasteiger partial charge in [-0.05, 0) is 34.9 Å². The minimum Gasteiger partial charge on any atom is -0.378 e. The number of thioether (sulfide) groups is 1. The third-order valence-corrected chi connectivity index (χ3v) is 5.14. The first-order valence-electron chi connectivity index (χ1n) is 6.57. The monoisotopic (exact) mass is 364 g/mol. The van der Waals surface area contributed by atoms with E-state index in [0.29, 0.717) is 5.69 Å². The summed E-state index contributed by atoms with van der Waals surface area (Å²) < 4.78 is 6.90. The number of aromatic nitrogens is 5. The van der Waals surface area contributed by atoms with Crippen LogP contribution in [0, 0.1) is 6.92 Å². The first kappa shape index (κ1) is 16.1.